The van der Waals surface area contributed by atoms with Crippen molar-refractivity contribution >= 4 is 11.6 Å². The Hall–Kier alpha value is -3.19. The number of halogens is 1. The summed E-state index contributed by atoms with van der Waals surface area (Å²) in [5.74, 6) is 0.501. The van der Waals surface area contributed by atoms with Crippen molar-refractivity contribution in [1.29, 1.82) is 0 Å². The van der Waals surface area contributed by atoms with Crippen LogP contribution in [0.1, 0.15) is 35.8 Å². The van der Waals surface area contributed by atoms with E-state index in [1.54, 1.807) is 7.11 Å². The summed E-state index contributed by atoms with van der Waals surface area (Å²) in [6.45, 7) is 5.36. The molecule has 0 unspecified atom stereocenters. The van der Waals surface area contributed by atoms with Gasteiger partial charge >= 0.3 is 0 Å². The van der Waals surface area contributed by atoms with Crippen LogP contribution in [0.25, 0.3) is 0 Å². The van der Waals surface area contributed by atoms with Crippen LogP contribution >= 0.6 is 0 Å². The summed E-state index contributed by atoms with van der Waals surface area (Å²) in [5.41, 5.74) is 1.81. The van der Waals surface area contributed by atoms with Crippen molar-refractivity contribution in [3.8, 4) is 5.75 Å². The quantitative estimate of drug-likeness (QED) is 0.607. The van der Waals surface area contributed by atoms with Crippen molar-refractivity contribution in [2.45, 2.75) is 33.0 Å². The molecule has 0 spiro atoms. The lowest BCUT2D eigenvalue weighted by Crippen LogP contribution is -2.30. The highest BCUT2D eigenvalue weighted by atomic mass is 19.1. The molecule has 0 bridgehead atoms. The van der Waals surface area contributed by atoms with Crippen molar-refractivity contribution in [2.75, 3.05) is 12.4 Å². The van der Waals surface area contributed by atoms with Crippen LogP contribution in [0.5, 0.6) is 5.75 Å². The van der Waals surface area contributed by atoms with Crippen LogP contribution < -0.4 is 10.1 Å². The first-order valence-electron chi connectivity index (χ1n) is 9.33. The molecule has 0 saturated carbocycles. The second-order valence-electron chi connectivity index (χ2n) is 6.93. The molecule has 1 heterocycles. The topological polar surface area (TPSA) is 67.6 Å². The fraction of sp³-hybridized carbons (Fsp3) is 0.273. The van der Waals surface area contributed by atoms with Gasteiger partial charge in [0, 0.05) is 18.3 Å². The fourth-order valence-electron chi connectivity index (χ4n) is 2.78. The first-order valence-corrected chi connectivity index (χ1v) is 9.33. The van der Waals surface area contributed by atoms with Crippen molar-refractivity contribution in [1.82, 2.24) is 9.88 Å². The Labute approximate surface area is 169 Å². The van der Waals surface area contributed by atoms with Crippen LogP contribution in [0, 0.1) is 5.82 Å². The van der Waals surface area contributed by atoms with E-state index in [0.29, 0.717) is 24.7 Å². The summed E-state index contributed by atoms with van der Waals surface area (Å²) < 4.78 is 23.7. The van der Waals surface area contributed by atoms with E-state index in [1.165, 1.54) is 30.5 Å². The smallest absolute Gasteiger partial charge is 0.277 e. The van der Waals surface area contributed by atoms with Gasteiger partial charge < -0.3 is 14.5 Å². The summed E-state index contributed by atoms with van der Waals surface area (Å²) in [7, 11) is 1.64. The van der Waals surface area contributed by atoms with Gasteiger partial charge in [-0.3, -0.25) is 9.69 Å². The molecule has 2 aromatic carbocycles. The number of ether oxygens (including phenoxy) is 1. The van der Waals surface area contributed by atoms with Crippen molar-refractivity contribution in [2.24, 2.45) is 0 Å². The number of hydrogen-bond donors (Lipinski definition) is 1. The van der Waals surface area contributed by atoms with E-state index in [2.05, 4.69) is 29.0 Å². The minimum atomic E-state index is -0.405. The lowest BCUT2D eigenvalue weighted by molar-refractivity contribution is 0.102. The van der Waals surface area contributed by atoms with Gasteiger partial charge in [-0.1, -0.05) is 12.1 Å². The number of nitrogens with zero attached hydrogens (tertiary/aromatic N) is 2. The van der Waals surface area contributed by atoms with Gasteiger partial charge in [-0.2, -0.15) is 0 Å². The van der Waals surface area contributed by atoms with Crippen LogP contribution in [0.2, 0.25) is 0 Å². The zero-order chi connectivity index (χ0) is 20.8. The second-order valence-corrected chi connectivity index (χ2v) is 6.93. The van der Waals surface area contributed by atoms with Crippen molar-refractivity contribution in [3.05, 3.63) is 77.8 Å². The molecule has 7 heteroatoms. The fourth-order valence-corrected chi connectivity index (χ4v) is 2.78. The average Bonchev–Trinajstić information content (AvgIpc) is 3.18. The molecular formula is C22H24FN3O3. The van der Waals surface area contributed by atoms with E-state index in [-0.39, 0.29) is 17.6 Å². The Morgan fingerprint density at radius 2 is 1.83 bits per heavy atom. The predicted molar refractivity (Wildman–Crippen MR) is 108 cm³/mol. The number of aromatic nitrogens is 1. The van der Waals surface area contributed by atoms with E-state index < -0.39 is 5.91 Å². The average molecular weight is 397 g/mol. The monoisotopic (exact) mass is 397 g/mol. The molecular weight excluding hydrogens is 373 g/mol. The third-order valence-electron chi connectivity index (χ3n) is 4.50. The highest BCUT2D eigenvalue weighted by molar-refractivity contribution is 6.02. The molecule has 29 heavy (non-hydrogen) atoms. The molecule has 3 aromatic rings. The van der Waals surface area contributed by atoms with Gasteiger partial charge in [-0.05, 0) is 55.8 Å². The maximum absolute atomic E-state index is 13.0. The van der Waals surface area contributed by atoms with E-state index in [1.807, 2.05) is 24.3 Å². The number of oxazole rings is 1. The second kappa shape index (κ2) is 9.34. The summed E-state index contributed by atoms with van der Waals surface area (Å²) in [5, 5.41) is 2.67. The molecule has 3 rings (SSSR count). The van der Waals surface area contributed by atoms with Crippen molar-refractivity contribution in [3.63, 3.8) is 0 Å². The zero-order valence-electron chi connectivity index (χ0n) is 16.7. The summed E-state index contributed by atoms with van der Waals surface area (Å²) in [4.78, 5) is 18.8. The molecule has 0 saturated heterocycles. The van der Waals surface area contributed by atoms with Crippen LogP contribution in [0.4, 0.5) is 10.1 Å². The number of hydrogen-bond acceptors (Lipinski definition) is 5. The SMILES string of the molecule is COc1ccc(CN(Cc2nc(C(=O)Nc3ccc(F)cc3)co2)C(C)C)cc1. The number of rotatable bonds is 8. The minimum absolute atomic E-state index is 0.178. The van der Waals surface area contributed by atoms with Gasteiger partial charge in [0.2, 0.25) is 5.89 Å². The first kappa shape index (κ1) is 20.5. The molecule has 1 amide bonds. The van der Waals surface area contributed by atoms with Gasteiger partial charge in [0.15, 0.2) is 5.69 Å². The minimum Gasteiger partial charge on any atom is -0.497 e. The molecule has 152 valence electrons. The van der Waals surface area contributed by atoms with Gasteiger partial charge in [0.05, 0.1) is 13.7 Å². The number of carbonyl (C=O) groups is 1. The van der Waals surface area contributed by atoms with Gasteiger partial charge in [-0.25, -0.2) is 9.37 Å². The lowest BCUT2D eigenvalue weighted by Gasteiger charge is -2.25. The third-order valence-corrected chi connectivity index (χ3v) is 4.50. The number of anilines is 1. The van der Waals surface area contributed by atoms with Crippen LogP contribution in [-0.2, 0) is 13.1 Å². The molecule has 0 fully saturated rings. The maximum atomic E-state index is 13.0. The molecule has 0 radical (unpaired) electrons. The molecule has 0 aliphatic carbocycles. The van der Waals surface area contributed by atoms with Gasteiger partial charge in [0.25, 0.3) is 5.91 Å². The number of methoxy groups -OCH3 is 1. The number of amides is 1. The largest absolute Gasteiger partial charge is 0.497 e. The molecule has 0 aliphatic rings. The third kappa shape index (κ3) is 5.65. The highest BCUT2D eigenvalue weighted by Gasteiger charge is 2.17. The van der Waals surface area contributed by atoms with E-state index in [0.717, 1.165) is 11.3 Å². The number of benzene rings is 2. The van der Waals surface area contributed by atoms with E-state index in [9.17, 15) is 9.18 Å². The molecule has 1 N–H and O–H groups in total. The van der Waals surface area contributed by atoms with Crippen molar-refractivity contribution < 1.29 is 18.3 Å². The number of carbonyl (C=O) groups excluding carboxylic acids is 1. The van der Waals surface area contributed by atoms with Crippen LogP contribution in [0.15, 0.2) is 59.2 Å². The maximum Gasteiger partial charge on any atom is 0.277 e. The van der Waals surface area contributed by atoms with E-state index in [4.69, 9.17) is 9.15 Å². The molecule has 0 atom stereocenters. The Kier molecular flexibility index (Phi) is 6.61. The Morgan fingerprint density at radius 3 is 2.45 bits per heavy atom. The standard InChI is InChI=1S/C22H24FN3O3/c1-15(2)26(12-16-4-10-19(28-3)11-5-16)13-21-25-20(14-29-21)22(27)24-18-8-6-17(23)7-9-18/h4-11,14-15H,12-13H2,1-3H3,(H,24,27). The summed E-state index contributed by atoms with van der Waals surface area (Å²) in [6.07, 6.45) is 1.33. The Morgan fingerprint density at radius 1 is 1.14 bits per heavy atom. The summed E-state index contributed by atoms with van der Waals surface area (Å²) >= 11 is 0. The zero-order valence-corrected chi connectivity index (χ0v) is 16.7. The van der Waals surface area contributed by atoms with Crippen LogP contribution in [-0.4, -0.2) is 28.9 Å². The predicted octanol–water partition coefficient (Wildman–Crippen LogP) is 4.49. The summed E-state index contributed by atoms with van der Waals surface area (Å²) in [6, 6.07) is 13.7. The Balaban J connectivity index is 1.64. The van der Waals surface area contributed by atoms with Gasteiger partial charge in [-0.15, -0.1) is 0 Å². The van der Waals surface area contributed by atoms with Gasteiger partial charge in [0.1, 0.15) is 17.8 Å². The highest BCUT2D eigenvalue weighted by Crippen LogP contribution is 2.17. The van der Waals surface area contributed by atoms with E-state index >= 15 is 0 Å². The molecule has 1 aromatic heterocycles. The first-order chi connectivity index (χ1) is 13.9. The number of nitrogens with one attached hydrogen (secondary N) is 1. The normalized spacial score (nSPS) is 11.1. The van der Waals surface area contributed by atoms with Crippen LogP contribution in [0.3, 0.4) is 0 Å². The Bertz CT molecular complexity index is 937. The molecule has 0 aliphatic heterocycles. The molecule has 6 nitrogen and oxygen atoms in total. The lowest BCUT2D eigenvalue weighted by atomic mass is 10.2.